The number of nitrogens with one attached hydrogen (secondary N) is 2. The number of anilines is 1. The van der Waals surface area contributed by atoms with Gasteiger partial charge in [0.2, 0.25) is 5.91 Å². The van der Waals surface area contributed by atoms with Gasteiger partial charge >= 0.3 is 0 Å². The Balaban J connectivity index is 2.06. The van der Waals surface area contributed by atoms with Crippen molar-refractivity contribution in [1.29, 1.82) is 0 Å². The lowest BCUT2D eigenvalue weighted by Crippen LogP contribution is -2.04. The first kappa shape index (κ1) is 11.9. The molecule has 1 aliphatic heterocycles. The monoisotopic (exact) mass is 256 g/mol. The molecule has 0 saturated heterocycles. The molecule has 5 nitrogen and oxygen atoms in total. The summed E-state index contributed by atoms with van der Waals surface area (Å²) in [6.07, 6.45) is 1.19. The SMILES string of the molecule is Cc1[nH]nc(CCN)c1-c1ccc2c(c1)CC(=O)N2. The Morgan fingerprint density at radius 3 is 3.05 bits per heavy atom. The van der Waals surface area contributed by atoms with Crippen LogP contribution in [0.5, 0.6) is 0 Å². The van der Waals surface area contributed by atoms with E-state index in [1.54, 1.807) is 0 Å². The van der Waals surface area contributed by atoms with Crippen LogP contribution in [-0.2, 0) is 17.6 Å². The Morgan fingerprint density at radius 1 is 1.42 bits per heavy atom. The maximum absolute atomic E-state index is 11.4. The summed E-state index contributed by atoms with van der Waals surface area (Å²) in [7, 11) is 0. The van der Waals surface area contributed by atoms with E-state index in [1.807, 2.05) is 19.1 Å². The molecule has 0 aliphatic carbocycles. The first-order valence-corrected chi connectivity index (χ1v) is 6.36. The fourth-order valence-electron chi connectivity index (χ4n) is 2.57. The van der Waals surface area contributed by atoms with E-state index in [0.717, 1.165) is 40.2 Å². The highest BCUT2D eigenvalue weighted by atomic mass is 16.1. The van der Waals surface area contributed by atoms with Crippen molar-refractivity contribution >= 4 is 11.6 Å². The van der Waals surface area contributed by atoms with Crippen molar-refractivity contribution in [2.45, 2.75) is 19.8 Å². The number of aromatic amines is 1. The average Bonchev–Trinajstić information content (AvgIpc) is 2.91. The van der Waals surface area contributed by atoms with Crippen molar-refractivity contribution in [2.24, 2.45) is 5.73 Å². The summed E-state index contributed by atoms with van der Waals surface area (Å²) in [6, 6.07) is 6.03. The van der Waals surface area contributed by atoms with Crippen LogP contribution in [-0.4, -0.2) is 22.6 Å². The molecular formula is C14H16N4O. The molecule has 0 unspecified atom stereocenters. The van der Waals surface area contributed by atoms with Gasteiger partial charge in [0.1, 0.15) is 0 Å². The summed E-state index contributed by atoms with van der Waals surface area (Å²) in [4.78, 5) is 11.4. The molecular weight excluding hydrogens is 240 g/mol. The number of rotatable bonds is 3. The molecule has 2 aromatic rings. The third-order valence-corrected chi connectivity index (χ3v) is 3.42. The molecule has 98 valence electrons. The number of nitrogens with zero attached hydrogens (tertiary/aromatic N) is 1. The minimum atomic E-state index is 0.0539. The second-order valence-corrected chi connectivity index (χ2v) is 4.81. The number of aromatic nitrogens is 2. The molecule has 0 atom stereocenters. The zero-order valence-corrected chi connectivity index (χ0v) is 10.8. The van der Waals surface area contributed by atoms with E-state index in [1.165, 1.54) is 0 Å². The van der Waals surface area contributed by atoms with Gasteiger partial charge in [0.25, 0.3) is 0 Å². The van der Waals surface area contributed by atoms with Gasteiger partial charge in [-0.1, -0.05) is 6.07 Å². The van der Waals surface area contributed by atoms with E-state index in [2.05, 4.69) is 21.6 Å². The zero-order valence-electron chi connectivity index (χ0n) is 10.8. The number of hydrogen-bond donors (Lipinski definition) is 3. The molecule has 0 radical (unpaired) electrons. The summed E-state index contributed by atoms with van der Waals surface area (Å²) in [6.45, 7) is 2.57. The van der Waals surface area contributed by atoms with Crippen LogP contribution < -0.4 is 11.1 Å². The Labute approximate surface area is 111 Å². The number of aryl methyl sites for hydroxylation is 1. The largest absolute Gasteiger partial charge is 0.330 e. The molecule has 1 amide bonds. The zero-order chi connectivity index (χ0) is 13.4. The summed E-state index contributed by atoms with van der Waals surface area (Å²) < 4.78 is 0. The third kappa shape index (κ3) is 2.02. The number of hydrogen-bond acceptors (Lipinski definition) is 3. The van der Waals surface area contributed by atoms with Crippen LogP contribution in [0.4, 0.5) is 5.69 Å². The maximum Gasteiger partial charge on any atom is 0.228 e. The fourth-order valence-corrected chi connectivity index (χ4v) is 2.57. The Bertz CT molecular complexity index is 645. The van der Waals surface area contributed by atoms with Crippen molar-refractivity contribution < 1.29 is 4.79 Å². The predicted octanol–water partition coefficient (Wildman–Crippen LogP) is 1.38. The second-order valence-electron chi connectivity index (χ2n) is 4.81. The van der Waals surface area contributed by atoms with Gasteiger partial charge in [-0.2, -0.15) is 5.10 Å². The van der Waals surface area contributed by atoms with Gasteiger partial charge in [-0.15, -0.1) is 0 Å². The van der Waals surface area contributed by atoms with E-state index in [4.69, 9.17) is 5.73 Å². The number of H-pyrrole nitrogens is 1. The van der Waals surface area contributed by atoms with Crippen molar-refractivity contribution in [3.63, 3.8) is 0 Å². The van der Waals surface area contributed by atoms with Crippen LogP contribution in [0.25, 0.3) is 11.1 Å². The normalized spacial score (nSPS) is 13.5. The first-order valence-electron chi connectivity index (χ1n) is 6.36. The molecule has 3 rings (SSSR count). The summed E-state index contributed by atoms with van der Waals surface area (Å²) >= 11 is 0. The van der Waals surface area contributed by atoms with Crippen molar-refractivity contribution in [3.05, 3.63) is 35.2 Å². The molecule has 0 saturated carbocycles. The summed E-state index contributed by atoms with van der Waals surface area (Å²) in [5, 5.41) is 10.2. The van der Waals surface area contributed by atoms with Gasteiger partial charge in [-0.3, -0.25) is 9.89 Å². The molecule has 19 heavy (non-hydrogen) atoms. The third-order valence-electron chi connectivity index (χ3n) is 3.42. The van der Waals surface area contributed by atoms with Crippen molar-refractivity contribution in [1.82, 2.24) is 10.2 Å². The number of carbonyl (C=O) groups is 1. The molecule has 2 heterocycles. The first-order chi connectivity index (χ1) is 9.19. The van der Waals surface area contributed by atoms with E-state index < -0.39 is 0 Å². The molecule has 4 N–H and O–H groups in total. The second kappa shape index (κ2) is 4.51. The van der Waals surface area contributed by atoms with Crippen LogP contribution in [0.3, 0.4) is 0 Å². The molecule has 1 aliphatic rings. The number of amides is 1. The van der Waals surface area contributed by atoms with Crippen LogP contribution in [0.15, 0.2) is 18.2 Å². The standard InChI is InChI=1S/C14H16N4O/c1-8-14(12(4-5-15)18-17-8)9-2-3-11-10(6-9)7-13(19)16-11/h2-3,6H,4-5,7,15H2,1H3,(H,16,19)(H,17,18). The topological polar surface area (TPSA) is 83.8 Å². The lowest BCUT2D eigenvalue weighted by molar-refractivity contribution is -0.115. The average molecular weight is 256 g/mol. The van der Waals surface area contributed by atoms with Crippen LogP contribution in [0.1, 0.15) is 17.0 Å². The molecule has 5 heteroatoms. The van der Waals surface area contributed by atoms with Crippen LogP contribution in [0, 0.1) is 6.92 Å². The van der Waals surface area contributed by atoms with E-state index in [-0.39, 0.29) is 5.91 Å². The highest BCUT2D eigenvalue weighted by molar-refractivity contribution is 5.99. The van der Waals surface area contributed by atoms with E-state index in [0.29, 0.717) is 13.0 Å². The molecule has 0 spiro atoms. The predicted molar refractivity (Wildman–Crippen MR) is 73.9 cm³/mol. The smallest absolute Gasteiger partial charge is 0.228 e. The molecule has 0 bridgehead atoms. The van der Waals surface area contributed by atoms with Gasteiger partial charge in [0, 0.05) is 23.4 Å². The number of carbonyl (C=O) groups excluding carboxylic acids is 1. The highest BCUT2D eigenvalue weighted by Gasteiger charge is 2.19. The van der Waals surface area contributed by atoms with Crippen LogP contribution in [0.2, 0.25) is 0 Å². The van der Waals surface area contributed by atoms with Gasteiger partial charge in [-0.05, 0) is 36.7 Å². The quantitative estimate of drug-likeness (QED) is 0.775. The Kier molecular flexibility index (Phi) is 2.83. The van der Waals surface area contributed by atoms with Gasteiger partial charge in [-0.25, -0.2) is 0 Å². The molecule has 1 aromatic carbocycles. The lowest BCUT2D eigenvalue weighted by atomic mass is 9.99. The number of nitrogens with two attached hydrogens (primary N) is 1. The summed E-state index contributed by atoms with van der Waals surface area (Å²) in [5.74, 6) is 0.0539. The van der Waals surface area contributed by atoms with Gasteiger partial charge < -0.3 is 11.1 Å². The van der Waals surface area contributed by atoms with Crippen LogP contribution >= 0.6 is 0 Å². The maximum atomic E-state index is 11.4. The summed E-state index contributed by atoms with van der Waals surface area (Å²) in [5.41, 5.74) is 11.8. The fraction of sp³-hybridized carbons (Fsp3) is 0.286. The Morgan fingerprint density at radius 2 is 2.26 bits per heavy atom. The van der Waals surface area contributed by atoms with E-state index in [9.17, 15) is 4.79 Å². The minimum absolute atomic E-state index is 0.0539. The molecule has 0 fully saturated rings. The number of fused-ring (bicyclic) bond motifs is 1. The van der Waals surface area contributed by atoms with Gasteiger partial charge in [0.15, 0.2) is 0 Å². The Hall–Kier alpha value is -2.14. The lowest BCUT2D eigenvalue weighted by Gasteiger charge is -2.06. The van der Waals surface area contributed by atoms with Gasteiger partial charge in [0.05, 0.1) is 12.1 Å². The number of benzene rings is 1. The molecule has 1 aromatic heterocycles. The highest BCUT2D eigenvalue weighted by Crippen LogP contribution is 2.31. The van der Waals surface area contributed by atoms with Crippen molar-refractivity contribution in [3.8, 4) is 11.1 Å². The van der Waals surface area contributed by atoms with E-state index >= 15 is 0 Å². The van der Waals surface area contributed by atoms with Crippen molar-refractivity contribution in [2.75, 3.05) is 11.9 Å². The minimum Gasteiger partial charge on any atom is -0.330 e.